The average molecular weight is 369 g/mol. The molecular weight excluding hydrogens is 340 g/mol. The van der Waals surface area contributed by atoms with Crippen LogP contribution in [0.25, 0.3) is 16.7 Å². The van der Waals surface area contributed by atoms with Crippen molar-refractivity contribution in [1.82, 2.24) is 0 Å². The zero-order valence-corrected chi connectivity index (χ0v) is 16.8. The van der Waals surface area contributed by atoms with Gasteiger partial charge in [0.05, 0.1) is 6.10 Å². The molecular formula is C27H28O. The Kier molecular flexibility index (Phi) is 5.19. The summed E-state index contributed by atoms with van der Waals surface area (Å²) >= 11 is 0. The molecule has 0 spiro atoms. The lowest BCUT2D eigenvalue weighted by Gasteiger charge is -2.31. The van der Waals surface area contributed by atoms with E-state index in [1.165, 1.54) is 33.4 Å². The van der Waals surface area contributed by atoms with E-state index < -0.39 is 6.10 Å². The number of aliphatic hydroxyl groups excluding tert-OH is 1. The van der Waals surface area contributed by atoms with E-state index in [1.807, 2.05) is 6.07 Å². The van der Waals surface area contributed by atoms with Crippen molar-refractivity contribution < 1.29 is 5.11 Å². The number of aryl methyl sites for hydroxylation is 2. The third kappa shape index (κ3) is 3.68. The Morgan fingerprint density at radius 2 is 1.82 bits per heavy atom. The van der Waals surface area contributed by atoms with E-state index in [0.717, 1.165) is 30.4 Å². The second-order valence-corrected chi connectivity index (χ2v) is 8.18. The van der Waals surface area contributed by atoms with Gasteiger partial charge < -0.3 is 5.11 Å². The summed E-state index contributed by atoms with van der Waals surface area (Å²) in [7, 11) is 0. The fourth-order valence-corrected chi connectivity index (χ4v) is 4.43. The van der Waals surface area contributed by atoms with Crippen LogP contribution in [0.1, 0.15) is 47.3 Å². The van der Waals surface area contributed by atoms with E-state index in [2.05, 4.69) is 81.1 Å². The summed E-state index contributed by atoms with van der Waals surface area (Å²) in [6.45, 7) is 8.34. The number of hydrogen-bond acceptors (Lipinski definition) is 1. The lowest BCUT2D eigenvalue weighted by molar-refractivity contribution is 0.0937. The number of benzene rings is 3. The van der Waals surface area contributed by atoms with Crippen LogP contribution in [0.15, 0.2) is 73.3 Å². The van der Waals surface area contributed by atoms with E-state index in [0.29, 0.717) is 0 Å². The second kappa shape index (κ2) is 7.77. The molecule has 2 unspecified atom stereocenters. The van der Waals surface area contributed by atoms with E-state index in [9.17, 15) is 5.11 Å². The molecule has 0 heterocycles. The lowest BCUT2D eigenvalue weighted by Crippen LogP contribution is -2.22. The van der Waals surface area contributed by atoms with E-state index in [-0.39, 0.29) is 5.92 Å². The van der Waals surface area contributed by atoms with Gasteiger partial charge in [-0.15, -0.1) is 0 Å². The minimum absolute atomic E-state index is 0.283. The zero-order valence-electron chi connectivity index (χ0n) is 16.8. The molecule has 1 aliphatic carbocycles. The monoisotopic (exact) mass is 368 g/mol. The number of allylic oxidation sites excluding steroid dienone is 1. The highest BCUT2D eigenvalue weighted by atomic mass is 16.3. The first kappa shape index (κ1) is 18.7. The lowest BCUT2D eigenvalue weighted by atomic mass is 9.77. The highest BCUT2D eigenvalue weighted by Crippen LogP contribution is 2.39. The van der Waals surface area contributed by atoms with Gasteiger partial charge in [-0.1, -0.05) is 84.4 Å². The van der Waals surface area contributed by atoms with Crippen LogP contribution >= 0.6 is 0 Å². The zero-order chi connectivity index (χ0) is 19.7. The van der Waals surface area contributed by atoms with Crippen LogP contribution in [-0.4, -0.2) is 5.11 Å². The van der Waals surface area contributed by atoms with Gasteiger partial charge in [0.15, 0.2) is 0 Å². The van der Waals surface area contributed by atoms with E-state index in [1.54, 1.807) is 0 Å². The predicted octanol–water partition coefficient (Wildman–Crippen LogP) is 6.53. The summed E-state index contributed by atoms with van der Waals surface area (Å²) in [6.07, 6.45) is 2.58. The van der Waals surface area contributed by atoms with Gasteiger partial charge >= 0.3 is 0 Å². The van der Waals surface area contributed by atoms with E-state index >= 15 is 0 Å². The van der Waals surface area contributed by atoms with Crippen LogP contribution in [0.3, 0.4) is 0 Å². The standard InChI is InChI=1S/C27H28O/c1-18(2)24-13-9-19(3)15-26(24)22-12-14-25-21(17-22)10-11-23(27(25)28)16-20-7-5-4-6-8-20/h4-9,12-15,17,23,27-28H,1,10-11,16H2,2-3H3. The fourth-order valence-electron chi connectivity index (χ4n) is 4.43. The van der Waals surface area contributed by atoms with Crippen LogP contribution in [-0.2, 0) is 12.8 Å². The highest BCUT2D eigenvalue weighted by molar-refractivity contribution is 5.80. The van der Waals surface area contributed by atoms with Crippen molar-refractivity contribution in [3.63, 3.8) is 0 Å². The Balaban J connectivity index is 1.64. The maximum absolute atomic E-state index is 11.0. The Labute approximate surface area is 168 Å². The quantitative estimate of drug-likeness (QED) is 0.555. The van der Waals surface area contributed by atoms with Crippen LogP contribution in [0.2, 0.25) is 0 Å². The first-order valence-corrected chi connectivity index (χ1v) is 10.1. The Morgan fingerprint density at radius 1 is 1.04 bits per heavy atom. The van der Waals surface area contributed by atoms with Gasteiger partial charge in [-0.2, -0.15) is 0 Å². The molecule has 1 nitrogen and oxygen atoms in total. The van der Waals surface area contributed by atoms with Crippen molar-refractivity contribution in [3.05, 3.63) is 101 Å². The van der Waals surface area contributed by atoms with Crippen LogP contribution in [0, 0.1) is 12.8 Å². The predicted molar refractivity (Wildman–Crippen MR) is 118 cm³/mol. The third-order valence-electron chi connectivity index (χ3n) is 5.98. The molecule has 4 rings (SSSR count). The molecule has 1 N–H and O–H groups in total. The maximum Gasteiger partial charge on any atom is 0.0824 e. The van der Waals surface area contributed by atoms with Gasteiger partial charge in [0, 0.05) is 0 Å². The number of rotatable bonds is 4. The largest absolute Gasteiger partial charge is 0.388 e. The summed E-state index contributed by atoms with van der Waals surface area (Å²) in [5.41, 5.74) is 9.66. The Hall–Kier alpha value is -2.64. The minimum Gasteiger partial charge on any atom is -0.388 e. The van der Waals surface area contributed by atoms with Crippen LogP contribution < -0.4 is 0 Å². The fraction of sp³-hybridized carbons (Fsp3) is 0.259. The van der Waals surface area contributed by atoms with Crippen molar-refractivity contribution in [2.45, 2.75) is 39.2 Å². The molecule has 0 radical (unpaired) electrons. The first-order chi connectivity index (χ1) is 13.5. The van der Waals surface area contributed by atoms with Gasteiger partial charge in [-0.25, -0.2) is 0 Å². The Bertz CT molecular complexity index is 1000. The number of aliphatic hydroxyl groups is 1. The van der Waals surface area contributed by atoms with Crippen molar-refractivity contribution in [3.8, 4) is 11.1 Å². The van der Waals surface area contributed by atoms with Gasteiger partial charge in [-0.3, -0.25) is 0 Å². The molecule has 28 heavy (non-hydrogen) atoms. The first-order valence-electron chi connectivity index (χ1n) is 10.1. The van der Waals surface area contributed by atoms with Gasteiger partial charge in [0.1, 0.15) is 0 Å². The summed E-state index contributed by atoms with van der Waals surface area (Å²) in [4.78, 5) is 0. The second-order valence-electron chi connectivity index (χ2n) is 8.18. The van der Waals surface area contributed by atoms with Crippen molar-refractivity contribution in [1.29, 1.82) is 0 Å². The molecule has 1 aliphatic rings. The molecule has 0 saturated heterocycles. The molecule has 0 bridgehead atoms. The van der Waals surface area contributed by atoms with Crippen molar-refractivity contribution >= 4 is 5.57 Å². The minimum atomic E-state index is -0.392. The number of hydrogen-bond donors (Lipinski definition) is 1. The van der Waals surface area contributed by atoms with Crippen LogP contribution in [0.5, 0.6) is 0 Å². The normalized spacial score (nSPS) is 18.5. The van der Waals surface area contributed by atoms with Crippen molar-refractivity contribution in [2.24, 2.45) is 5.92 Å². The molecule has 0 saturated carbocycles. The summed E-state index contributed by atoms with van der Waals surface area (Å²) in [5.74, 6) is 0.283. The van der Waals surface area contributed by atoms with Crippen molar-refractivity contribution in [2.75, 3.05) is 0 Å². The number of fused-ring (bicyclic) bond motifs is 1. The SMILES string of the molecule is C=C(C)c1ccc(C)cc1-c1ccc2c(c1)CCC(Cc1ccccc1)C2O. The van der Waals surface area contributed by atoms with Gasteiger partial charge in [-0.05, 0) is 72.4 Å². The molecule has 1 heteroatoms. The third-order valence-corrected chi connectivity index (χ3v) is 5.98. The average Bonchev–Trinajstić information content (AvgIpc) is 2.70. The molecule has 3 aromatic rings. The Morgan fingerprint density at radius 3 is 2.57 bits per heavy atom. The molecule has 2 atom stereocenters. The maximum atomic E-state index is 11.0. The summed E-state index contributed by atoms with van der Waals surface area (Å²) in [5, 5.41) is 11.0. The molecule has 3 aromatic carbocycles. The molecule has 0 aliphatic heterocycles. The van der Waals surface area contributed by atoms with Crippen LogP contribution in [0.4, 0.5) is 0 Å². The van der Waals surface area contributed by atoms with E-state index in [4.69, 9.17) is 0 Å². The molecule has 0 fully saturated rings. The molecule has 0 aromatic heterocycles. The molecule has 0 amide bonds. The smallest absolute Gasteiger partial charge is 0.0824 e. The van der Waals surface area contributed by atoms with Gasteiger partial charge in [0.25, 0.3) is 0 Å². The highest BCUT2D eigenvalue weighted by Gasteiger charge is 2.28. The molecule has 142 valence electrons. The summed E-state index contributed by atoms with van der Waals surface area (Å²) < 4.78 is 0. The topological polar surface area (TPSA) is 20.2 Å². The summed E-state index contributed by atoms with van der Waals surface area (Å²) in [6, 6.07) is 23.6. The van der Waals surface area contributed by atoms with Gasteiger partial charge in [0.2, 0.25) is 0 Å².